The molecule has 0 bridgehead atoms. The number of benzene rings is 2. The SMILES string of the molecule is Cc1[c-]c(-c2cc3ccccc3cn2)cc(C)c1.OC1CCCCC2CCCC(O)C12.[Ir]. The zero-order chi connectivity index (χ0) is 21.8. The van der Waals surface area contributed by atoms with Crippen LogP contribution in [0.4, 0.5) is 0 Å². The second-order valence-corrected chi connectivity index (χ2v) is 9.36. The molecule has 2 aliphatic carbocycles. The molecule has 2 fully saturated rings. The fraction of sp³-hybridized carbons (Fsp3) is 0.464. The molecule has 2 saturated carbocycles. The van der Waals surface area contributed by atoms with Gasteiger partial charge in [0.25, 0.3) is 0 Å². The van der Waals surface area contributed by atoms with E-state index in [1.807, 2.05) is 12.3 Å². The molecule has 1 aromatic heterocycles. The third-order valence-electron chi connectivity index (χ3n) is 6.89. The van der Waals surface area contributed by atoms with E-state index in [1.54, 1.807) is 0 Å². The molecule has 0 aliphatic heterocycles. The van der Waals surface area contributed by atoms with Crippen LogP contribution >= 0.6 is 0 Å². The number of aryl methyl sites for hydroxylation is 2. The van der Waals surface area contributed by atoms with E-state index in [9.17, 15) is 10.2 Å². The Kier molecular flexibility index (Phi) is 9.02. The van der Waals surface area contributed by atoms with E-state index in [4.69, 9.17) is 0 Å². The predicted molar refractivity (Wildman–Crippen MR) is 127 cm³/mol. The van der Waals surface area contributed by atoms with Crippen LogP contribution in [-0.4, -0.2) is 27.4 Å². The zero-order valence-electron chi connectivity index (χ0n) is 19.1. The number of fused-ring (bicyclic) bond motifs is 2. The Morgan fingerprint density at radius 2 is 1.50 bits per heavy atom. The van der Waals surface area contributed by atoms with Crippen molar-refractivity contribution in [3.8, 4) is 11.3 Å². The van der Waals surface area contributed by atoms with Crippen LogP contribution in [0.25, 0.3) is 22.0 Å². The van der Waals surface area contributed by atoms with Crippen LogP contribution in [0, 0.1) is 31.7 Å². The van der Waals surface area contributed by atoms with Gasteiger partial charge in [-0.05, 0) is 48.1 Å². The summed E-state index contributed by atoms with van der Waals surface area (Å²) in [5, 5.41) is 22.1. The van der Waals surface area contributed by atoms with E-state index >= 15 is 0 Å². The maximum atomic E-state index is 9.89. The van der Waals surface area contributed by atoms with Gasteiger partial charge in [0, 0.05) is 32.2 Å². The van der Waals surface area contributed by atoms with Gasteiger partial charge < -0.3 is 15.2 Å². The summed E-state index contributed by atoms with van der Waals surface area (Å²) in [5.74, 6) is 0.789. The van der Waals surface area contributed by atoms with Gasteiger partial charge in [0.2, 0.25) is 0 Å². The molecule has 2 aliphatic rings. The van der Waals surface area contributed by atoms with Crippen LogP contribution in [0.15, 0.2) is 48.7 Å². The molecule has 0 spiro atoms. The second kappa shape index (κ2) is 11.5. The van der Waals surface area contributed by atoms with Gasteiger partial charge in [0.05, 0.1) is 12.2 Å². The fourth-order valence-electron chi connectivity index (χ4n) is 5.41. The van der Waals surface area contributed by atoms with Crippen molar-refractivity contribution in [1.29, 1.82) is 0 Å². The topological polar surface area (TPSA) is 53.4 Å². The quantitative estimate of drug-likeness (QED) is 0.333. The number of hydrogen-bond acceptors (Lipinski definition) is 3. The van der Waals surface area contributed by atoms with Gasteiger partial charge in [-0.15, -0.1) is 34.9 Å². The van der Waals surface area contributed by atoms with E-state index in [2.05, 4.69) is 61.3 Å². The van der Waals surface area contributed by atoms with Gasteiger partial charge in [0.15, 0.2) is 0 Å². The molecule has 4 atom stereocenters. The van der Waals surface area contributed by atoms with Crippen molar-refractivity contribution < 1.29 is 30.3 Å². The van der Waals surface area contributed by atoms with E-state index in [-0.39, 0.29) is 38.2 Å². The number of rotatable bonds is 1. The Morgan fingerprint density at radius 1 is 0.844 bits per heavy atom. The maximum absolute atomic E-state index is 9.89. The van der Waals surface area contributed by atoms with Gasteiger partial charge in [-0.25, -0.2) is 0 Å². The third-order valence-corrected chi connectivity index (χ3v) is 6.89. The number of pyridine rings is 1. The van der Waals surface area contributed by atoms with E-state index in [0.717, 1.165) is 42.5 Å². The van der Waals surface area contributed by atoms with E-state index in [0.29, 0.717) is 5.92 Å². The molecule has 3 nitrogen and oxygen atoms in total. The monoisotopic (exact) mass is 609 g/mol. The first-order valence-corrected chi connectivity index (χ1v) is 11.7. The minimum absolute atomic E-state index is 0. The maximum Gasteiger partial charge on any atom is 0.0595 e. The Balaban J connectivity index is 0.000000184. The minimum Gasteiger partial charge on any atom is -0.393 e. The van der Waals surface area contributed by atoms with Crippen molar-refractivity contribution in [3.63, 3.8) is 0 Å². The van der Waals surface area contributed by atoms with Crippen molar-refractivity contribution in [1.82, 2.24) is 4.98 Å². The third kappa shape index (κ3) is 6.05. The molecule has 173 valence electrons. The summed E-state index contributed by atoms with van der Waals surface area (Å²) in [6.45, 7) is 4.17. The van der Waals surface area contributed by atoms with Crippen LogP contribution in [0.5, 0.6) is 0 Å². The number of hydrogen-bond donors (Lipinski definition) is 2. The number of nitrogens with zero attached hydrogens (tertiary/aromatic N) is 1. The first-order chi connectivity index (χ1) is 15.0. The van der Waals surface area contributed by atoms with Gasteiger partial charge in [-0.2, -0.15) is 0 Å². The first-order valence-electron chi connectivity index (χ1n) is 11.7. The Labute approximate surface area is 205 Å². The number of aromatic nitrogens is 1. The van der Waals surface area contributed by atoms with Gasteiger partial charge >= 0.3 is 0 Å². The Hall–Kier alpha value is -1.58. The molecule has 1 heterocycles. The van der Waals surface area contributed by atoms with Crippen molar-refractivity contribution in [2.24, 2.45) is 11.8 Å². The van der Waals surface area contributed by atoms with E-state index in [1.165, 1.54) is 35.6 Å². The van der Waals surface area contributed by atoms with Crippen LogP contribution in [0.1, 0.15) is 56.1 Å². The van der Waals surface area contributed by atoms with Crippen LogP contribution in [-0.2, 0) is 20.1 Å². The van der Waals surface area contributed by atoms with Crippen LogP contribution in [0.2, 0.25) is 0 Å². The molecule has 2 N–H and O–H groups in total. The molecular formula is C28H34IrNO2-. The molecule has 3 aromatic rings. The average Bonchev–Trinajstić information content (AvgIpc) is 2.95. The average molecular weight is 609 g/mol. The first kappa shape index (κ1) is 25.0. The minimum atomic E-state index is -0.234. The number of aliphatic hydroxyl groups is 2. The summed E-state index contributed by atoms with van der Waals surface area (Å²) in [5.41, 5.74) is 4.45. The molecule has 1 radical (unpaired) electrons. The van der Waals surface area contributed by atoms with Gasteiger partial charge in [-0.3, -0.25) is 0 Å². The Morgan fingerprint density at radius 3 is 2.25 bits per heavy atom. The summed E-state index contributed by atoms with van der Waals surface area (Å²) in [7, 11) is 0. The smallest absolute Gasteiger partial charge is 0.0595 e. The molecule has 0 amide bonds. The van der Waals surface area contributed by atoms with E-state index < -0.39 is 0 Å². The number of aliphatic hydroxyl groups excluding tert-OH is 2. The van der Waals surface area contributed by atoms with Crippen LogP contribution < -0.4 is 0 Å². The van der Waals surface area contributed by atoms with Crippen LogP contribution in [0.3, 0.4) is 0 Å². The molecule has 4 heteroatoms. The van der Waals surface area contributed by atoms with Crippen molar-refractivity contribution in [3.05, 3.63) is 65.9 Å². The standard InChI is InChI=1S/C17H14N.C11H20O2.Ir/c1-12-7-13(2)9-16(8-12)17-10-14-5-3-4-6-15(14)11-18-17;12-9-6-2-1-4-8-5-3-7-10(13)11(8)9;/h3-8,10-11H,1-2H3;8-13H,1-7H2;/q-1;;. The second-order valence-electron chi connectivity index (χ2n) is 9.36. The predicted octanol–water partition coefficient (Wildman–Crippen LogP) is 6.01. The molecule has 0 saturated heterocycles. The van der Waals surface area contributed by atoms with Gasteiger partial charge in [-0.1, -0.05) is 63.4 Å². The summed E-state index contributed by atoms with van der Waals surface area (Å²) in [4.78, 5) is 4.53. The summed E-state index contributed by atoms with van der Waals surface area (Å²) in [6.07, 6.45) is 9.24. The molecule has 4 unspecified atom stereocenters. The fourth-order valence-corrected chi connectivity index (χ4v) is 5.41. The van der Waals surface area contributed by atoms with Crippen molar-refractivity contribution >= 4 is 10.8 Å². The van der Waals surface area contributed by atoms with Crippen molar-refractivity contribution in [2.75, 3.05) is 0 Å². The molecular weight excluding hydrogens is 575 g/mol. The molecule has 2 aromatic carbocycles. The van der Waals surface area contributed by atoms with Crippen molar-refractivity contribution in [2.45, 2.75) is 71.0 Å². The largest absolute Gasteiger partial charge is 0.393 e. The van der Waals surface area contributed by atoms with Gasteiger partial charge in [0.1, 0.15) is 0 Å². The summed E-state index contributed by atoms with van der Waals surface area (Å²) < 4.78 is 0. The Bertz CT molecular complexity index is 1000. The summed E-state index contributed by atoms with van der Waals surface area (Å²) >= 11 is 0. The summed E-state index contributed by atoms with van der Waals surface area (Å²) in [6, 6.07) is 18.0. The molecule has 32 heavy (non-hydrogen) atoms. The zero-order valence-corrected chi connectivity index (χ0v) is 21.4. The molecule has 5 rings (SSSR count). The normalized spacial score (nSPS) is 25.0.